The number of fused-ring (bicyclic) bond motifs is 3. The number of nitrogens with zero attached hydrogens (tertiary/aromatic N) is 1. The number of hydrogen-bond donors (Lipinski definition) is 1. The van der Waals surface area contributed by atoms with Crippen molar-refractivity contribution in [1.29, 1.82) is 0 Å². The monoisotopic (exact) mass is 299 g/mol. The maximum atomic E-state index is 11.5. The van der Waals surface area contributed by atoms with Crippen LogP contribution in [0.2, 0.25) is 0 Å². The van der Waals surface area contributed by atoms with Crippen LogP contribution in [0, 0.1) is 18.8 Å². The second-order valence-corrected chi connectivity index (χ2v) is 7.74. The van der Waals surface area contributed by atoms with Crippen molar-refractivity contribution >= 4 is 11.3 Å². The van der Waals surface area contributed by atoms with E-state index in [1.54, 1.807) is 11.3 Å². The molecule has 4 rings (SSSR count). The van der Waals surface area contributed by atoms with Gasteiger partial charge in [-0.05, 0) is 55.6 Å². The van der Waals surface area contributed by atoms with Crippen LogP contribution in [0.4, 0.5) is 0 Å². The summed E-state index contributed by atoms with van der Waals surface area (Å²) in [6.07, 6.45) is 5.07. The van der Waals surface area contributed by atoms with Crippen molar-refractivity contribution in [3.63, 3.8) is 0 Å². The second kappa shape index (κ2) is 4.92. The van der Waals surface area contributed by atoms with E-state index >= 15 is 0 Å². The Hall–Kier alpha value is -1.19. The normalized spacial score (nSPS) is 31.0. The molecule has 1 heterocycles. The highest BCUT2D eigenvalue weighted by atomic mass is 32.1. The van der Waals surface area contributed by atoms with Crippen LogP contribution in [0.5, 0.6) is 0 Å². The molecule has 0 amide bonds. The summed E-state index contributed by atoms with van der Waals surface area (Å²) >= 11 is 1.68. The molecule has 1 N–H and O–H groups in total. The third-order valence-electron chi connectivity index (χ3n) is 5.46. The number of rotatable bonds is 2. The Morgan fingerprint density at radius 2 is 1.81 bits per heavy atom. The van der Waals surface area contributed by atoms with E-state index in [1.165, 1.54) is 11.1 Å². The fourth-order valence-corrected chi connectivity index (χ4v) is 4.96. The van der Waals surface area contributed by atoms with Crippen LogP contribution in [0.25, 0.3) is 0 Å². The lowest BCUT2D eigenvalue weighted by Crippen LogP contribution is -2.42. The molecule has 2 nitrogen and oxygen atoms in total. The minimum Gasteiger partial charge on any atom is -0.389 e. The van der Waals surface area contributed by atoms with Crippen molar-refractivity contribution in [3.05, 3.63) is 51.5 Å². The van der Waals surface area contributed by atoms with Gasteiger partial charge in [-0.3, -0.25) is 0 Å². The molecule has 0 spiro atoms. The molecular formula is C18H21NOS. The Bertz CT molecular complexity index is 630. The lowest BCUT2D eigenvalue weighted by atomic mass is 9.79. The van der Waals surface area contributed by atoms with E-state index in [-0.39, 0.29) is 0 Å². The predicted octanol–water partition coefficient (Wildman–Crippen LogP) is 3.55. The first-order chi connectivity index (χ1) is 10.1. The van der Waals surface area contributed by atoms with Crippen LogP contribution in [0.1, 0.15) is 34.7 Å². The van der Waals surface area contributed by atoms with Gasteiger partial charge in [0.15, 0.2) is 0 Å². The topological polar surface area (TPSA) is 33.1 Å². The Kier molecular flexibility index (Phi) is 3.16. The number of aryl methyl sites for hydroxylation is 1. The molecule has 21 heavy (non-hydrogen) atoms. The van der Waals surface area contributed by atoms with Crippen LogP contribution in [-0.4, -0.2) is 15.7 Å². The third kappa shape index (κ3) is 2.23. The maximum absolute atomic E-state index is 11.5. The average molecular weight is 299 g/mol. The summed E-state index contributed by atoms with van der Waals surface area (Å²) in [4.78, 5) is 4.58. The molecule has 2 bridgehead atoms. The molecular weight excluding hydrogens is 278 g/mol. The zero-order chi connectivity index (χ0) is 14.4. The summed E-state index contributed by atoms with van der Waals surface area (Å²) in [6, 6.07) is 8.73. The fourth-order valence-electron chi connectivity index (χ4n) is 4.35. The summed E-state index contributed by atoms with van der Waals surface area (Å²) in [5, 5.41) is 14.7. The molecule has 0 aliphatic heterocycles. The number of aliphatic hydroxyl groups is 1. The Labute approximate surface area is 129 Å². The minimum atomic E-state index is -0.570. The zero-order valence-corrected chi connectivity index (χ0v) is 13.2. The summed E-state index contributed by atoms with van der Waals surface area (Å²) < 4.78 is 0. The first-order valence-electron chi connectivity index (χ1n) is 7.85. The standard InChI is InChI=1S/C18H21NOS/c1-12-19-17(11-21-12)10-18(20)15-6-7-16(18)9-14-5-3-2-4-13(14)8-15/h2-5,11,15-16,20H,6-10H2,1H3. The van der Waals surface area contributed by atoms with Crippen LogP contribution in [-0.2, 0) is 19.3 Å². The molecule has 1 saturated carbocycles. The van der Waals surface area contributed by atoms with Crippen molar-refractivity contribution in [2.24, 2.45) is 11.8 Å². The van der Waals surface area contributed by atoms with Crippen molar-refractivity contribution in [3.8, 4) is 0 Å². The van der Waals surface area contributed by atoms with E-state index in [1.807, 2.05) is 6.92 Å². The van der Waals surface area contributed by atoms with Crippen molar-refractivity contribution in [2.45, 2.75) is 44.6 Å². The van der Waals surface area contributed by atoms with E-state index in [2.05, 4.69) is 34.6 Å². The Morgan fingerprint density at radius 3 is 2.33 bits per heavy atom. The Balaban J connectivity index is 1.68. The summed E-state index contributed by atoms with van der Waals surface area (Å²) in [5.74, 6) is 0.765. The molecule has 110 valence electrons. The SMILES string of the molecule is Cc1nc(CC2(O)C3CCC2Cc2ccccc2C3)cs1. The highest BCUT2D eigenvalue weighted by Gasteiger charge is 2.50. The molecule has 2 aromatic rings. The van der Waals surface area contributed by atoms with Gasteiger partial charge in [0, 0.05) is 11.8 Å². The van der Waals surface area contributed by atoms with Gasteiger partial charge in [-0.1, -0.05) is 24.3 Å². The largest absolute Gasteiger partial charge is 0.389 e. The summed E-state index contributed by atoms with van der Waals surface area (Å²) in [5.41, 5.74) is 3.39. The smallest absolute Gasteiger partial charge is 0.0897 e. The number of benzene rings is 1. The molecule has 0 saturated heterocycles. The first kappa shape index (κ1) is 13.5. The van der Waals surface area contributed by atoms with Gasteiger partial charge in [0.2, 0.25) is 0 Å². The highest BCUT2D eigenvalue weighted by Crippen LogP contribution is 2.48. The zero-order valence-electron chi connectivity index (χ0n) is 12.4. The lowest BCUT2D eigenvalue weighted by Gasteiger charge is -2.33. The number of thiazole rings is 1. The van der Waals surface area contributed by atoms with Crippen molar-refractivity contribution < 1.29 is 5.11 Å². The van der Waals surface area contributed by atoms with Crippen LogP contribution < -0.4 is 0 Å². The van der Waals surface area contributed by atoms with Crippen LogP contribution in [0.3, 0.4) is 0 Å². The molecule has 1 aromatic carbocycles. The maximum Gasteiger partial charge on any atom is 0.0897 e. The highest BCUT2D eigenvalue weighted by molar-refractivity contribution is 7.09. The van der Waals surface area contributed by atoms with Gasteiger partial charge in [0.05, 0.1) is 16.3 Å². The van der Waals surface area contributed by atoms with Gasteiger partial charge in [-0.15, -0.1) is 11.3 Å². The van der Waals surface area contributed by atoms with Crippen LogP contribution in [0.15, 0.2) is 29.6 Å². The Morgan fingerprint density at radius 1 is 1.19 bits per heavy atom. The van der Waals surface area contributed by atoms with Crippen LogP contribution >= 0.6 is 11.3 Å². The van der Waals surface area contributed by atoms with Gasteiger partial charge in [0.1, 0.15) is 0 Å². The summed E-state index contributed by atoms with van der Waals surface area (Å²) in [7, 11) is 0. The average Bonchev–Trinajstić information content (AvgIpc) is 2.93. The molecule has 2 aliphatic rings. The van der Waals surface area contributed by atoms with Gasteiger partial charge < -0.3 is 5.11 Å². The van der Waals surface area contributed by atoms with E-state index < -0.39 is 5.60 Å². The number of aromatic nitrogens is 1. The van der Waals surface area contributed by atoms with Gasteiger partial charge in [0.25, 0.3) is 0 Å². The first-order valence-corrected chi connectivity index (χ1v) is 8.73. The molecule has 0 radical (unpaired) electrons. The second-order valence-electron chi connectivity index (χ2n) is 6.67. The van der Waals surface area contributed by atoms with E-state index in [0.717, 1.165) is 42.8 Å². The van der Waals surface area contributed by atoms with E-state index in [4.69, 9.17) is 0 Å². The third-order valence-corrected chi connectivity index (χ3v) is 6.28. The van der Waals surface area contributed by atoms with E-state index in [0.29, 0.717) is 11.8 Å². The van der Waals surface area contributed by atoms with Crippen molar-refractivity contribution in [2.75, 3.05) is 0 Å². The quantitative estimate of drug-likeness (QED) is 0.920. The molecule has 1 aromatic heterocycles. The minimum absolute atomic E-state index is 0.383. The molecule has 2 aliphatic carbocycles. The molecule has 2 atom stereocenters. The lowest BCUT2D eigenvalue weighted by molar-refractivity contribution is -0.0336. The molecule has 3 heteroatoms. The predicted molar refractivity (Wildman–Crippen MR) is 85.6 cm³/mol. The summed E-state index contributed by atoms with van der Waals surface area (Å²) in [6.45, 7) is 2.04. The fraction of sp³-hybridized carbons (Fsp3) is 0.500. The van der Waals surface area contributed by atoms with E-state index in [9.17, 15) is 5.11 Å². The van der Waals surface area contributed by atoms with Gasteiger partial charge in [-0.25, -0.2) is 4.98 Å². The van der Waals surface area contributed by atoms with Gasteiger partial charge >= 0.3 is 0 Å². The van der Waals surface area contributed by atoms with Gasteiger partial charge in [-0.2, -0.15) is 0 Å². The van der Waals surface area contributed by atoms with Crippen molar-refractivity contribution in [1.82, 2.24) is 4.98 Å². The molecule has 2 unspecified atom stereocenters. The number of hydrogen-bond acceptors (Lipinski definition) is 3. The molecule has 1 fully saturated rings.